The summed E-state index contributed by atoms with van der Waals surface area (Å²) < 4.78 is 0. The highest BCUT2D eigenvalue weighted by Crippen LogP contribution is 2.30. The van der Waals surface area contributed by atoms with Gasteiger partial charge in [0.15, 0.2) is 0 Å². The predicted molar refractivity (Wildman–Crippen MR) is 68.4 cm³/mol. The van der Waals surface area contributed by atoms with Crippen LogP contribution in [0.2, 0.25) is 0 Å². The molecular weight excluding hydrogens is 206 g/mol. The van der Waals surface area contributed by atoms with Crippen LogP contribution in [0.4, 0.5) is 0 Å². The molecule has 0 aromatic carbocycles. The number of aliphatic hydroxyl groups excluding tert-OH is 1. The molecule has 1 aliphatic rings. The zero-order chi connectivity index (χ0) is 11.1. The zero-order valence-electron chi connectivity index (χ0n) is 10.0. The van der Waals surface area contributed by atoms with E-state index in [2.05, 4.69) is 30.9 Å². The van der Waals surface area contributed by atoms with Gasteiger partial charge in [-0.25, -0.2) is 0 Å². The summed E-state index contributed by atoms with van der Waals surface area (Å²) in [6.07, 6.45) is 5.24. The number of aliphatic hydroxyl groups is 1. The Hall–Kier alpha value is 0.270. The molecule has 1 fully saturated rings. The molecule has 0 bridgehead atoms. The van der Waals surface area contributed by atoms with Gasteiger partial charge < -0.3 is 10.4 Å². The first-order chi connectivity index (χ1) is 7.26. The van der Waals surface area contributed by atoms with Crippen LogP contribution in [-0.2, 0) is 0 Å². The van der Waals surface area contributed by atoms with E-state index in [4.69, 9.17) is 5.11 Å². The van der Waals surface area contributed by atoms with Crippen LogP contribution in [0.15, 0.2) is 0 Å². The Balaban J connectivity index is 2.08. The van der Waals surface area contributed by atoms with Crippen LogP contribution in [0.25, 0.3) is 0 Å². The number of nitrogens with one attached hydrogen (secondary N) is 1. The smallest absolute Gasteiger partial charge is 0.0464 e. The molecule has 0 amide bonds. The van der Waals surface area contributed by atoms with E-state index in [1.807, 2.05) is 0 Å². The molecule has 0 aromatic rings. The average Bonchev–Trinajstić information content (AvgIpc) is 2.71. The summed E-state index contributed by atoms with van der Waals surface area (Å²) in [5.74, 6) is 1.57. The molecule has 0 aromatic heterocycles. The van der Waals surface area contributed by atoms with Gasteiger partial charge in [0.1, 0.15) is 0 Å². The van der Waals surface area contributed by atoms with Crippen molar-refractivity contribution >= 4 is 11.8 Å². The van der Waals surface area contributed by atoms with E-state index in [0.717, 1.165) is 23.6 Å². The van der Waals surface area contributed by atoms with Crippen LogP contribution < -0.4 is 5.32 Å². The lowest BCUT2D eigenvalue weighted by Gasteiger charge is -2.14. The summed E-state index contributed by atoms with van der Waals surface area (Å²) in [5, 5.41) is 13.4. The molecule has 90 valence electrons. The molecule has 0 heterocycles. The van der Waals surface area contributed by atoms with E-state index >= 15 is 0 Å². The summed E-state index contributed by atoms with van der Waals surface area (Å²) in [4.78, 5) is 0. The van der Waals surface area contributed by atoms with Crippen LogP contribution in [0.3, 0.4) is 0 Å². The van der Waals surface area contributed by atoms with Gasteiger partial charge in [-0.15, -0.1) is 0 Å². The van der Waals surface area contributed by atoms with Crippen LogP contribution >= 0.6 is 11.8 Å². The number of rotatable bonds is 7. The minimum atomic E-state index is 0.331. The third kappa shape index (κ3) is 5.23. The van der Waals surface area contributed by atoms with Gasteiger partial charge in [0.2, 0.25) is 0 Å². The van der Waals surface area contributed by atoms with Crippen molar-refractivity contribution in [2.75, 3.05) is 18.9 Å². The van der Waals surface area contributed by atoms with E-state index in [1.54, 1.807) is 0 Å². The molecule has 0 radical (unpaired) electrons. The van der Waals surface area contributed by atoms with Gasteiger partial charge in [0.25, 0.3) is 0 Å². The van der Waals surface area contributed by atoms with Gasteiger partial charge >= 0.3 is 0 Å². The summed E-state index contributed by atoms with van der Waals surface area (Å²) in [6.45, 7) is 5.83. The standard InChI is InChI=1S/C12H25NOS/c1-3-6-13-11-4-5-12(7-11)15-9-10(2)8-14/h10-14H,3-9H2,1-2H3. The first-order valence-electron chi connectivity index (χ1n) is 6.22. The molecule has 3 heteroatoms. The van der Waals surface area contributed by atoms with Gasteiger partial charge in [-0.2, -0.15) is 11.8 Å². The van der Waals surface area contributed by atoms with E-state index < -0.39 is 0 Å². The van der Waals surface area contributed by atoms with Gasteiger partial charge in [-0.05, 0) is 43.9 Å². The number of thioether (sulfide) groups is 1. The largest absolute Gasteiger partial charge is 0.396 e. The van der Waals surface area contributed by atoms with E-state index in [9.17, 15) is 0 Å². The highest BCUT2D eigenvalue weighted by molar-refractivity contribution is 7.99. The third-order valence-corrected chi connectivity index (χ3v) is 4.66. The van der Waals surface area contributed by atoms with Gasteiger partial charge in [-0.3, -0.25) is 0 Å². The van der Waals surface area contributed by atoms with Crippen LogP contribution in [0, 0.1) is 5.92 Å². The molecule has 15 heavy (non-hydrogen) atoms. The number of hydrogen-bond acceptors (Lipinski definition) is 3. The summed E-state index contributed by atoms with van der Waals surface area (Å²) >= 11 is 2.05. The van der Waals surface area contributed by atoms with Crippen LogP contribution in [0.1, 0.15) is 39.5 Å². The van der Waals surface area contributed by atoms with E-state index in [0.29, 0.717) is 12.5 Å². The minimum Gasteiger partial charge on any atom is -0.396 e. The predicted octanol–water partition coefficient (Wildman–Crippen LogP) is 2.27. The molecule has 1 aliphatic carbocycles. The summed E-state index contributed by atoms with van der Waals surface area (Å²) in [7, 11) is 0. The second-order valence-electron chi connectivity index (χ2n) is 4.71. The zero-order valence-corrected chi connectivity index (χ0v) is 10.9. The van der Waals surface area contributed by atoms with Crippen molar-refractivity contribution in [3.8, 4) is 0 Å². The Kier molecular flexibility index (Phi) is 6.69. The maximum absolute atomic E-state index is 8.95. The van der Waals surface area contributed by atoms with Crippen molar-refractivity contribution in [3.05, 3.63) is 0 Å². The van der Waals surface area contributed by atoms with E-state index in [-0.39, 0.29) is 0 Å². The van der Waals surface area contributed by atoms with Crippen molar-refractivity contribution in [2.24, 2.45) is 5.92 Å². The van der Waals surface area contributed by atoms with Crippen LogP contribution in [-0.4, -0.2) is 35.3 Å². The lowest BCUT2D eigenvalue weighted by molar-refractivity contribution is 0.250. The molecule has 1 saturated carbocycles. The first-order valence-corrected chi connectivity index (χ1v) is 7.27. The van der Waals surface area contributed by atoms with Crippen molar-refractivity contribution in [1.29, 1.82) is 0 Å². The quantitative estimate of drug-likeness (QED) is 0.705. The molecule has 0 saturated heterocycles. The van der Waals surface area contributed by atoms with Crippen molar-refractivity contribution < 1.29 is 5.11 Å². The normalized spacial score (nSPS) is 28.2. The first kappa shape index (κ1) is 13.3. The van der Waals surface area contributed by atoms with Gasteiger partial charge in [-0.1, -0.05) is 13.8 Å². The Morgan fingerprint density at radius 3 is 2.93 bits per heavy atom. The van der Waals surface area contributed by atoms with Gasteiger partial charge in [0, 0.05) is 17.9 Å². The molecule has 0 spiro atoms. The summed E-state index contributed by atoms with van der Waals surface area (Å²) in [6, 6.07) is 0.756. The molecule has 2 nitrogen and oxygen atoms in total. The fourth-order valence-electron chi connectivity index (χ4n) is 1.98. The molecule has 0 aliphatic heterocycles. The maximum atomic E-state index is 8.95. The maximum Gasteiger partial charge on any atom is 0.0464 e. The molecule has 3 atom stereocenters. The van der Waals surface area contributed by atoms with Crippen molar-refractivity contribution in [2.45, 2.75) is 50.8 Å². The highest BCUT2D eigenvalue weighted by atomic mass is 32.2. The minimum absolute atomic E-state index is 0.331. The fraction of sp³-hybridized carbons (Fsp3) is 1.00. The Morgan fingerprint density at radius 1 is 1.47 bits per heavy atom. The van der Waals surface area contributed by atoms with Crippen LogP contribution in [0.5, 0.6) is 0 Å². The average molecular weight is 231 g/mol. The lowest BCUT2D eigenvalue weighted by atomic mass is 10.2. The highest BCUT2D eigenvalue weighted by Gasteiger charge is 2.24. The lowest BCUT2D eigenvalue weighted by Crippen LogP contribution is -2.27. The van der Waals surface area contributed by atoms with Crippen molar-refractivity contribution in [1.82, 2.24) is 5.32 Å². The Morgan fingerprint density at radius 2 is 2.27 bits per heavy atom. The molecular formula is C12H25NOS. The summed E-state index contributed by atoms with van der Waals surface area (Å²) in [5.41, 5.74) is 0. The molecule has 2 N–H and O–H groups in total. The molecule has 1 rings (SSSR count). The monoisotopic (exact) mass is 231 g/mol. The van der Waals surface area contributed by atoms with Crippen molar-refractivity contribution in [3.63, 3.8) is 0 Å². The second-order valence-corrected chi connectivity index (χ2v) is 6.04. The SMILES string of the molecule is CCCNC1CCC(SCC(C)CO)C1. The van der Waals surface area contributed by atoms with E-state index in [1.165, 1.54) is 25.7 Å². The third-order valence-electron chi connectivity index (χ3n) is 3.00. The van der Waals surface area contributed by atoms with Gasteiger partial charge in [0.05, 0.1) is 0 Å². The Labute approximate surface area is 98.2 Å². The second kappa shape index (κ2) is 7.53. The molecule has 3 unspecified atom stereocenters. The Bertz CT molecular complexity index is 166. The topological polar surface area (TPSA) is 32.3 Å². The number of hydrogen-bond donors (Lipinski definition) is 2. The fourth-order valence-corrected chi connectivity index (χ4v) is 3.36.